The minimum absolute atomic E-state index is 0.172. The molecule has 0 bridgehead atoms. The number of hydrogen-bond acceptors (Lipinski definition) is 3. The van der Waals surface area contributed by atoms with E-state index in [0.717, 1.165) is 51.0 Å². The number of benzene rings is 1. The highest BCUT2D eigenvalue weighted by Crippen LogP contribution is 2.41. The van der Waals surface area contributed by atoms with Crippen LogP contribution in [0.1, 0.15) is 77.0 Å². The Morgan fingerprint density at radius 3 is 2.28 bits per heavy atom. The van der Waals surface area contributed by atoms with Crippen molar-refractivity contribution in [3.05, 3.63) is 106 Å². The van der Waals surface area contributed by atoms with Crippen LogP contribution in [0.5, 0.6) is 0 Å². The van der Waals surface area contributed by atoms with Crippen LogP contribution >= 0.6 is 0 Å². The second-order valence-electron chi connectivity index (χ2n) is 11.2. The number of hydrogen-bond donors (Lipinski definition) is 0. The molecule has 0 saturated heterocycles. The van der Waals surface area contributed by atoms with E-state index in [0.29, 0.717) is 6.61 Å². The highest BCUT2D eigenvalue weighted by molar-refractivity contribution is 5.47. The smallest absolute Gasteiger partial charge is 0.0962 e. The summed E-state index contributed by atoms with van der Waals surface area (Å²) in [4.78, 5) is 4.80. The fraction of sp³-hybridized carbons (Fsp3) is 0.500. The van der Waals surface area contributed by atoms with Gasteiger partial charge in [0.15, 0.2) is 0 Å². The monoisotopic (exact) mass is 530 g/mol. The van der Waals surface area contributed by atoms with Crippen LogP contribution in [-0.2, 0) is 4.74 Å². The lowest BCUT2D eigenvalue weighted by Crippen LogP contribution is -2.32. The minimum Gasteiger partial charge on any atom is -0.498 e. The first kappa shape index (κ1) is 32.6. The van der Waals surface area contributed by atoms with Gasteiger partial charge in [0, 0.05) is 25.0 Å². The Balaban J connectivity index is 2.75. The van der Waals surface area contributed by atoms with E-state index in [1.165, 1.54) is 33.4 Å². The molecule has 1 aliphatic carbocycles. The lowest BCUT2D eigenvalue weighted by Gasteiger charge is -2.34. The quantitative estimate of drug-likeness (QED) is 0.237. The highest BCUT2D eigenvalue weighted by atomic mass is 16.5. The predicted octanol–water partition coefficient (Wildman–Crippen LogP) is 8.98. The fourth-order valence-corrected chi connectivity index (χ4v) is 5.33. The largest absolute Gasteiger partial charge is 0.498 e. The Hall–Kier alpha value is -2.62. The van der Waals surface area contributed by atoms with Gasteiger partial charge in [0.1, 0.15) is 0 Å². The normalized spacial score (nSPS) is 18.9. The van der Waals surface area contributed by atoms with E-state index in [-0.39, 0.29) is 12.0 Å². The molecule has 214 valence electrons. The van der Waals surface area contributed by atoms with Gasteiger partial charge in [-0.3, -0.25) is 4.90 Å². The molecule has 0 heterocycles. The Labute approximate surface area is 240 Å². The highest BCUT2D eigenvalue weighted by Gasteiger charge is 2.28. The summed E-state index contributed by atoms with van der Waals surface area (Å²) in [5.74, 6) is 1.07. The van der Waals surface area contributed by atoms with Crippen LogP contribution in [0.25, 0.3) is 0 Å². The lowest BCUT2D eigenvalue weighted by molar-refractivity contribution is 0.196. The molecule has 1 aromatic rings. The molecule has 2 rings (SSSR count). The number of allylic oxidation sites excluding steroid dienone is 9. The van der Waals surface area contributed by atoms with Crippen molar-refractivity contribution in [3.63, 3.8) is 0 Å². The van der Waals surface area contributed by atoms with Crippen LogP contribution in [0.3, 0.4) is 0 Å². The van der Waals surface area contributed by atoms with E-state index >= 15 is 0 Å². The summed E-state index contributed by atoms with van der Waals surface area (Å²) >= 11 is 0. The van der Waals surface area contributed by atoms with Crippen LogP contribution in [-0.4, -0.2) is 50.6 Å². The van der Waals surface area contributed by atoms with E-state index in [1.54, 1.807) is 0 Å². The van der Waals surface area contributed by atoms with Crippen molar-refractivity contribution in [2.45, 2.75) is 72.8 Å². The minimum atomic E-state index is 0.172. The van der Waals surface area contributed by atoms with Gasteiger partial charge in [-0.25, -0.2) is 0 Å². The van der Waals surface area contributed by atoms with Gasteiger partial charge in [0.2, 0.25) is 0 Å². The summed E-state index contributed by atoms with van der Waals surface area (Å²) in [5, 5.41) is 0. The first-order valence-electron chi connectivity index (χ1n) is 14.8. The fourth-order valence-electron chi connectivity index (χ4n) is 5.33. The molecule has 3 nitrogen and oxygen atoms in total. The van der Waals surface area contributed by atoms with Gasteiger partial charge >= 0.3 is 0 Å². The summed E-state index contributed by atoms with van der Waals surface area (Å²) in [5.41, 5.74) is 8.26. The number of nitrogens with zero attached hydrogens (tertiary/aromatic N) is 2. The number of aryl methyl sites for hydroxylation is 1. The van der Waals surface area contributed by atoms with Gasteiger partial charge in [-0.15, -0.1) is 0 Å². The van der Waals surface area contributed by atoms with E-state index < -0.39 is 0 Å². The molecular weight excluding hydrogens is 476 g/mol. The lowest BCUT2D eigenvalue weighted by atomic mass is 9.78. The van der Waals surface area contributed by atoms with E-state index in [1.807, 2.05) is 0 Å². The van der Waals surface area contributed by atoms with Crippen molar-refractivity contribution in [2.24, 2.45) is 5.92 Å². The molecule has 0 amide bonds. The van der Waals surface area contributed by atoms with Crippen LogP contribution in [0, 0.1) is 12.8 Å². The molecule has 0 radical (unpaired) electrons. The molecule has 0 aliphatic heterocycles. The van der Waals surface area contributed by atoms with Crippen LogP contribution in [0.2, 0.25) is 0 Å². The Kier molecular flexibility index (Phi) is 14.3. The van der Waals surface area contributed by atoms with Gasteiger partial charge in [0.25, 0.3) is 0 Å². The Bertz CT molecular complexity index is 1050. The van der Waals surface area contributed by atoms with Crippen molar-refractivity contribution in [3.8, 4) is 0 Å². The van der Waals surface area contributed by atoms with Gasteiger partial charge in [-0.2, -0.15) is 0 Å². The molecular formula is C36H54N2O. The average molecular weight is 531 g/mol. The zero-order chi connectivity index (χ0) is 28.8. The standard InChI is InChI=1S/C36H54N2O/c1-10-18-33(31(6)39-11-2)36-30(5)20-17-15-13-12-14-16-19-29(4)34(36)27-35(38(9)26-25-37(7)8)32-23-21-28(3)22-24-32/h12-13,15-17,19,21-24,33,35H,6,10-11,14,18,20,25-27H2,1-5,7-9H3/b13-12-,17-15+,19-16+,34-29?,36-30?. The van der Waals surface area contributed by atoms with Crippen molar-refractivity contribution in [1.82, 2.24) is 9.80 Å². The Morgan fingerprint density at radius 2 is 1.64 bits per heavy atom. The number of ether oxygens (including phenoxy) is 1. The van der Waals surface area contributed by atoms with Crippen molar-refractivity contribution in [1.29, 1.82) is 0 Å². The first-order valence-corrected chi connectivity index (χ1v) is 14.8. The summed E-state index contributed by atoms with van der Waals surface area (Å²) in [6, 6.07) is 9.40. The van der Waals surface area contributed by atoms with Crippen LogP contribution < -0.4 is 0 Å². The maximum absolute atomic E-state index is 6.12. The molecule has 0 spiro atoms. The maximum atomic E-state index is 6.12. The van der Waals surface area contributed by atoms with Gasteiger partial charge in [0.05, 0.1) is 12.4 Å². The van der Waals surface area contributed by atoms with Gasteiger partial charge in [-0.1, -0.05) is 91.8 Å². The summed E-state index contributed by atoms with van der Waals surface area (Å²) in [7, 11) is 6.58. The molecule has 3 heteroatoms. The van der Waals surface area contributed by atoms with Crippen molar-refractivity contribution < 1.29 is 4.74 Å². The molecule has 0 saturated carbocycles. The third kappa shape index (κ3) is 10.5. The first-order chi connectivity index (χ1) is 18.7. The van der Waals surface area contributed by atoms with E-state index in [2.05, 4.69) is 133 Å². The molecule has 39 heavy (non-hydrogen) atoms. The van der Waals surface area contributed by atoms with Crippen LogP contribution in [0.4, 0.5) is 0 Å². The van der Waals surface area contributed by atoms with Crippen LogP contribution in [0.15, 0.2) is 95.4 Å². The molecule has 2 atom stereocenters. The van der Waals surface area contributed by atoms with E-state index in [4.69, 9.17) is 4.74 Å². The third-order valence-electron chi connectivity index (χ3n) is 7.64. The zero-order valence-electron chi connectivity index (χ0n) is 26.1. The Morgan fingerprint density at radius 1 is 0.949 bits per heavy atom. The number of likely N-dealkylation sites (N-methyl/N-ethyl adjacent to an activating group) is 2. The SMILES string of the molecule is C=C(OCC)C(CCC)C1=C(C)C/C=C/C=C\C/C=C/C(C)=C1CC(c1ccc(C)cc1)N(C)CCN(C)C. The average Bonchev–Trinajstić information content (AvgIpc) is 2.90. The summed E-state index contributed by atoms with van der Waals surface area (Å²) in [6.07, 6.45) is 18.4. The molecule has 2 unspecified atom stereocenters. The molecule has 0 aromatic heterocycles. The molecule has 1 aliphatic rings. The number of rotatable bonds is 13. The third-order valence-corrected chi connectivity index (χ3v) is 7.64. The van der Waals surface area contributed by atoms with Crippen molar-refractivity contribution >= 4 is 0 Å². The van der Waals surface area contributed by atoms with Gasteiger partial charge < -0.3 is 9.64 Å². The molecule has 0 fully saturated rings. The second kappa shape index (κ2) is 17.2. The second-order valence-corrected chi connectivity index (χ2v) is 11.2. The zero-order valence-corrected chi connectivity index (χ0v) is 26.1. The molecule has 1 aromatic carbocycles. The van der Waals surface area contributed by atoms with Gasteiger partial charge in [-0.05, 0) is 96.8 Å². The van der Waals surface area contributed by atoms with E-state index in [9.17, 15) is 0 Å². The summed E-state index contributed by atoms with van der Waals surface area (Å²) in [6.45, 7) is 18.2. The summed E-state index contributed by atoms with van der Waals surface area (Å²) < 4.78 is 6.12. The maximum Gasteiger partial charge on any atom is 0.0962 e. The molecule has 0 N–H and O–H groups in total. The van der Waals surface area contributed by atoms with Crippen molar-refractivity contribution in [2.75, 3.05) is 40.8 Å². The predicted molar refractivity (Wildman–Crippen MR) is 171 cm³/mol. The topological polar surface area (TPSA) is 15.7 Å².